The molecule has 2 nitrogen and oxygen atoms in total. The number of hydrogen-bond acceptors (Lipinski definition) is 3. The van der Waals surface area contributed by atoms with E-state index in [1.807, 2.05) is 17.4 Å². The van der Waals surface area contributed by atoms with Gasteiger partial charge in [0.05, 0.1) is 10.7 Å². The lowest BCUT2D eigenvalue weighted by molar-refractivity contribution is 0.487. The standard InChI is InChI=1S/C15H26N2S/c1-5-7-8-9-10-11-14(16-6-2)15-12(3)17-13(4)18-15/h5,14,16H,1,6-11H2,2-4H3. The van der Waals surface area contributed by atoms with E-state index in [2.05, 4.69) is 37.7 Å². The molecule has 1 aromatic rings. The Morgan fingerprint density at radius 1 is 1.33 bits per heavy atom. The van der Waals surface area contributed by atoms with Crippen molar-refractivity contribution in [3.63, 3.8) is 0 Å². The fourth-order valence-corrected chi connectivity index (χ4v) is 3.29. The fraction of sp³-hybridized carbons (Fsp3) is 0.667. The van der Waals surface area contributed by atoms with Gasteiger partial charge in [-0.15, -0.1) is 17.9 Å². The number of rotatable bonds is 9. The largest absolute Gasteiger partial charge is 0.309 e. The molecule has 0 aliphatic heterocycles. The first-order chi connectivity index (χ1) is 8.69. The van der Waals surface area contributed by atoms with Crippen molar-refractivity contribution in [1.29, 1.82) is 0 Å². The highest BCUT2D eigenvalue weighted by molar-refractivity contribution is 7.11. The summed E-state index contributed by atoms with van der Waals surface area (Å²) in [6.07, 6.45) is 8.21. The van der Waals surface area contributed by atoms with Crippen LogP contribution in [0.5, 0.6) is 0 Å². The van der Waals surface area contributed by atoms with Crippen molar-refractivity contribution in [2.24, 2.45) is 0 Å². The van der Waals surface area contributed by atoms with Gasteiger partial charge in [0.1, 0.15) is 0 Å². The van der Waals surface area contributed by atoms with Gasteiger partial charge in [0.2, 0.25) is 0 Å². The molecule has 1 heterocycles. The van der Waals surface area contributed by atoms with Gasteiger partial charge < -0.3 is 5.32 Å². The molecule has 18 heavy (non-hydrogen) atoms. The van der Waals surface area contributed by atoms with Gasteiger partial charge in [0.15, 0.2) is 0 Å². The number of unbranched alkanes of at least 4 members (excludes halogenated alkanes) is 3. The SMILES string of the molecule is C=CCCCCCC(NCC)c1sc(C)nc1C. The molecule has 0 aromatic carbocycles. The minimum absolute atomic E-state index is 0.491. The maximum absolute atomic E-state index is 4.54. The summed E-state index contributed by atoms with van der Waals surface area (Å²) in [5, 5.41) is 4.77. The molecule has 0 aliphatic carbocycles. The molecule has 0 saturated heterocycles. The molecule has 0 bridgehead atoms. The zero-order valence-electron chi connectivity index (χ0n) is 12.0. The summed E-state index contributed by atoms with van der Waals surface area (Å²) in [5.74, 6) is 0. The Bertz CT molecular complexity index is 357. The molecule has 0 amide bonds. The Kier molecular flexibility index (Phi) is 7.21. The van der Waals surface area contributed by atoms with Crippen molar-refractivity contribution < 1.29 is 0 Å². The molecule has 0 saturated carbocycles. The lowest BCUT2D eigenvalue weighted by Crippen LogP contribution is -2.20. The van der Waals surface area contributed by atoms with Crippen LogP contribution in [0, 0.1) is 13.8 Å². The van der Waals surface area contributed by atoms with E-state index in [1.54, 1.807) is 0 Å². The summed E-state index contributed by atoms with van der Waals surface area (Å²) in [6, 6.07) is 0.491. The number of thiazole rings is 1. The molecule has 0 fully saturated rings. The van der Waals surface area contributed by atoms with E-state index < -0.39 is 0 Å². The van der Waals surface area contributed by atoms with Crippen molar-refractivity contribution >= 4 is 11.3 Å². The first-order valence-electron chi connectivity index (χ1n) is 6.97. The minimum Gasteiger partial charge on any atom is -0.309 e. The van der Waals surface area contributed by atoms with E-state index in [0.717, 1.165) is 13.0 Å². The van der Waals surface area contributed by atoms with Crippen LogP contribution in [0.2, 0.25) is 0 Å². The number of aryl methyl sites for hydroxylation is 2. The Morgan fingerprint density at radius 2 is 2.11 bits per heavy atom. The molecule has 0 aliphatic rings. The van der Waals surface area contributed by atoms with Crippen LogP contribution in [0.25, 0.3) is 0 Å². The van der Waals surface area contributed by atoms with Gasteiger partial charge in [-0.3, -0.25) is 0 Å². The lowest BCUT2D eigenvalue weighted by Gasteiger charge is -2.16. The van der Waals surface area contributed by atoms with Crippen LogP contribution in [0.4, 0.5) is 0 Å². The first-order valence-corrected chi connectivity index (χ1v) is 7.78. The third-order valence-corrected chi connectivity index (χ3v) is 4.29. The monoisotopic (exact) mass is 266 g/mol. The number of hydrogen-bond donors (Lipinski definition) is 1. The molecule has 1 rings (SSSR count). The summed E-state index contributed by atoms with van der Waals surface area (Å²) in [4.78, 5) is 5.97. The third kappa shape index (κ3) is 4.91. The molecule has 1 unspecified atom stereocenters. The summed E-state index contributed by atoms with van der Waals surface area (Å²) in [6.45, 7) is 11.2. The number of allylic oxidation sites excluding steroid dienone is 1. The van der Waals surface area contributed by atoms with Gasteiger partial charge in [-0.25, -0.2) is 4.98 Å². The predicted molar refractivity (Wildman–Crippen MR) is 81.3 cm³/mol. The Hall–Kier alpha value is -0.670. The number of aromatic nitrogens is 1. The second kappa shape index (κ2) is 8.44. The molecular formula is C15H26N2S. The normalized spacial score (nSPS) is 12.6. The fourth-order valence-electron chi connectivity index (χ4n) is 2.26. The van der Waals surface area contributed by atoms with E-state index in [1.165, 1.54) is 41.3 Å². The molecule has 1 atom stereocenters. The summed E-state index contributed by atoms with van der Waals surface area (Å²) < 4.78 is 0. The van der Waals surface area contributed by atoms with E-state index in [-0.39, 0.29) is 0 Å². The second-order valence-electron chi connectivity index (χ2n) is 4.72. The smallest absolute Gasteiger partial charge is 0.0900 e. The highest BCUT2D eigenvalue weighted by Gasteiger charge is 2.15. The van der Waals surface area contributed by atoms with Gasteiger partial charge in [0, 0.05) is 10.9 Å². The Morgan fingerprint density at radius 3 is 2.67 bits per heavy atom. The maximum atomic E-state index is 4.54. The average Bonchev–Trinajstić information content (AvgIpc) is 2.67. The van der Waals surface area contributed by atoms with Crippen LogP contribution in [0.15, 0.2) is 12.7 Å². The van der Waals surface area contributed by atoms with Crippen LogP contribution in [0.3, 0.4) is 0 Å². The van der Waals surface area contributed by atoms with Gasteiger partial charge in [-0.1, -0.05) is 25.8 Å². The molecule has 1 N–H and O–H groups in total. The summed E-state index contributed by atoms with van der Waals surface area (Å²) in [5.41, 5.74) is 1.20. The second-order valence-corrected chi connectivity index (χ2v) is 5.95. The Labute approximate surface area is 116 Å². The van der Waals surface area contributed by atoms with Crippen LogP contribution in [-0.4, -0.2) is 11.5 Å². The topological polar surface area (TPSA) is 24.9 Å². The molecule has 0 radical (unpaired) electrons. The van der Waals surface area contributed by atoms with Gasteiger partial charge >= 0.3 is 0 Å². The molecule has 3 heteroatoms. The summed E-state index contributed by atoms with van der Waals surface area (Å²) in [7, 11) is 0. The van der Waals surface area contributed by atoms with Crippen LogP contribution in [-0.2, 0) is 0 Å². The zero-order valence-corrected chi connectivity index (χ0v) is 12.8. The number of nitrogens with one attached hydrogen (secondary N) is 1. The van der Waals surface area contributed by atoms with Crippen LogP contribution < -0.4 is 5.32 Å². The van der Waals surface area contributed by atoms with E-state index >= 15 is 0 Å². The van der Waals surface area contributed by atoms with Gasteiger partial charge in [0.25, 0.3) is 0 Å². The zero-order chi connectivity index (χ0) is 13.4. The molecule has 1 aromatic heterocycles. The third-order valence-electron chi connectivity index (χ3n) is 3.11. The maximum Gasteiger partial charge on any atom is 0.0900 e. The van der Waals surface area contributed by atoms with Crippen molar-refractivity contribution in [2.75, 3.05) is 6.54 Å². The van der Waals surface area contributed by atoms with E-state index in [4.69, 9.17) is 0 Å². The van der Waals surface area contributed by atoms with Crippen molar-refractivity contribution in [1.82, 2.24) is 10.3 Å². The quantitative estimate of drug-likeness (QED) is 0.524. The van der Waals surface area contributed by atoms with E-state index in [0.29, 0.717) is 6.04 Å². The molecule has 0 spiro atoms. The van der Waals surface area contributed by atoms with Gasteiger partial charge in [-0.2, -0.15) is 0 Å². The van der Waals surface area contributed by atoms with Gasteiger partial charge in [-0.05, 0) is 39.7 Å². The highest BCUT2D eigenvalue weighted by Crippen LogP contribution is 2.28. The van der Waals surface area contributed by atoms with E-state index in [9.17, 15) is 0 Å². The van der Waals surface area contributed by atoms with Crippen molar-refractivity contribution in [2.45, 2.75) is 58.9 Å². The molecule has 102 valence electrons. The Balaban J connectivity index is 2.49. The number of nitrogens with zero attached hydrogens (tertiary/aromatic N) is 1. The predicted octanol–water partition coefficient (Wildman–Crippen LogP) is 4.55. The average molecular weight is 266 g/mol. The highest BCUT2D eigenvalue weighted by atomic mass is 32.1. The van der Waals surface area contributed by atoms with Crippen LogP contribution >= 0.6 is 11.3 Å². The lowest BCUT2D eigenvalue weighted by atomic mass is 10.0. The molecular weight excluding hydrogens is 240 g/mol. The van der Waals surface area contributed by atoms with Crippen molar-refractivity contribution in [3.05, 3.63) is 28.2 Å². The first kappa shape index (κ1) is 15.4. The summed E-state index contributed by atoms with van der Waals surface area (Å²) >= 11 is 1.84. The van der Waals surface area contributed by atoms with Crippen molar-refractivity contribution in [3.8, 4) is 0 Å². The van der Waals surface area contributed by atoms with Crippen LogP contribution in [0.1, 0.15) is 60.6 Å². The minimum atomic E-state index is 0.491.